The smallest absolute Gasteiger partial charge is 0.270 e. The van der Waals surface area contributed by atoms with Crippen molar-refractivity contribution in [3.63, 3.8) is 0 Å². The third kappa shape index (κ3) is 4.46. The molecule has 9 heteroatoms. The first kappa shape index (κ1) is 23.3. The van der Waals surface area contributed by atoms with Crippen LogP contribution in [0, 0.1) is 26.7 Å². The first-order valence-electron chi connectivity index (χ1n) is 11.5. The van der Waals surface area contributed by atoms with Crippen LogP contribution in [0.15, 0.2) is 51.7 Å². The van der Waals surface area contributed by atoms with E-state index in [4.69, 9.17) is 0 Å². The molecule has 2 amide bonds. The molecule has 3 heterocycles. The van der Waals surface area contributed by atoms with Gasteiger partial charge >= 0.3 is 0 Å². The summed E-state index contributed by atoms with van der Waals surface area (Å²) >= 11 is 0. The van der Waals surface area contributed by atoms with Gasteiger partial charge in [-0.15, -0.1) is 0 Å². The van der Waals surface area contributed by atoms with E-state index < -0.39 is 0 Å². The molecule has 0 spiro atoms. The second-order valence-corrected chi connectivity index (χ2v) is 8.71. The number of aliphatic imine (C=N–C) groups is 1. The van der Waals surface area contributed by atoms with Crippen molar-refractivity contribution in [2.24, 2.45) is 16.0 Å². The average Bonchev–Trinajstić information content (AvgIpc) is 3.33. The molecule has 0 aliphatic carbocycles. The number of amides is 2. The van der Waals surface area contributed by atoms with Gasteiger partial charge in [0.15, 0.2) is 5.84 Å². The van der Waals surface area contributed by atoms with Gasteiger partial charge in [-0.25, -0.2) is 4.99 Å². The van der Waals surface area contributed by atoms with E-state index in [1.807, 2.05) is 63.9 Å². The van der Waals surface area contributed by atoms with Gasteiger partial charge in [-0.2, -0.15) is 5.10 Å². The Bertz CT molecular complexity index is 1200. The maximum Gasteiger partial charge on any atom is 0.270 e. The molecule has 0 fully saturated rings. The monoisotopic (exact) mass is 461 g/mol. The number of rotatable bonds is 6. The highest BCUT2D eigenvalue weighted by Gasteiger charge is 2.37. The van der Waals surface area contributed by atoms with Gasteiger partial charge in [0, 0.05) is 29.2 Å². The van der Waals surface area contributed by atoms with Crippen LogP contribution in [0.4, 0.5) is 5.69 Å². The molecule has 2 aromatic rings. The lowest BCUT2D eigenvalue weighted by Crippen LogP contribution is -2.34. The summed E-state index contributed by atoms with van der Waals surface area (Å²) in [6.07, 6.45) is 2.37. The van der Waals surface area contributed by atoms with E-state index in [2.05, 4.69) is 26.2 Å². The Labute approximate surface area is 199 Å². The molecule has 1 atom stereocenters. The first-order valence-corrected chi connectivity index (χ1v) is 11.5. The molecule has 0 saturated heterocycles. The largest absolute Gasteiger partial charge is 0.356 e. The van der Waals surface area contributed by atoms with Gasteiger partial charge in [-0.1, -0.05) is 13.0 Å². The van der Waals surface area contributed by atoms with Gasteiger partial charge < -0.3 is 10.6 Å². The van der Waals surface area contributed by atoms with Crippen molar-refractivity contribution in [1.29, 1.82) is 0 Å². The van der Waals surface area contributed by atoms with Crippen LogP contribution in [0.25, 0.3) is 0 Å². The second-order valence-electron chi connectivity index (χ2n) is 8.71. The molecular weight excluding hydrogens is 430 g/mol. The van der Waals surface area contributed by atoms with E-state index in [9.17, 15) is 9.59 Å². The molecule has 34 heavy (non-hydrogen) atoms. The van der Waals surface area contributed by atoms with E-state index in [0.29, 0.717) is 24.5 Å². The number of fused-ring (bicyclic) bond motifs is 1. The molecule has 0 bridgehead atoms. The minimum atomic E-state index is -0.282. The number of aryl methyl sites for hydroxylation is 3. The fourth-order valence-corrected chi connectivity index (χ4v) is 4.17. The zero-order valence-corrected chi connectivity index (χ0v) is 20.3. The zero-order chi connectivity index (χ0) is 24.4. The number of hydrogen-bond acceptors (Lipinski definition) is 6. The summed E-state index contributed by atoms with van der Waals surface area (Å²) in [7, 11) is 0. The molecule has 0 radical (unpaired) electrons. The van der Waals surface area contributed by atoms with Gasteiger partial charge in [0.1, 0.15) is 12.0 Å². The van der Waals surface area contributed by atoms with Gasteiger partial charge in [-0.05, 0) is 69.5 Å². The Balaban J connectivity index is 1.57. The SMILES string of the molecule is CCCNC(=O)C1CN2N=CN=C(Nc3cc(C(=O)Nn4c(C)ccc4C)ccc3C)C2=C1C. The van der Waals surface area contributed by atoms with Gasteiger partial charge in [-0.3, -0.25) is 24.7 Å². The number of hydrazone groups is 1. The fraction of sp³-hybridized carbons (Fsp3) is 0.360. The zero-order valence-electron chi connectivity index (χ0n) is 20.3. The Kier molecular flexibility index (Phi) is 6.54. The number of aromatic nitrogens is 1. The molecule has 2 aliphatic heterocycles. The third-order valence-corrected chi connectivity index (χ3v) is 6.22. The molecule has 1 unspecified atom stereocenters. The lowest BCUT2D eigenvalue weighted by Gasteiger charge is -2.22. The van der Waals surface area contributed by atoms with Crippen molar-refractivity contribution in [3.05, 3.63) is 64.1 Å². The highest BCUT2D eigenvalue weighted by molar-refractivity contribution is 6.13. The van der Waals surface area contributed by atoms with Crippen LogP contribution >= 0.6 is 0 Å². The molecule has 1 aromatic carbocycles. The number of hydrogen-bond donors (Lipinski definition) is 3. The van der Waals surface area contributed by atoms with Crippen LogP contribution in [-0.4, -0.2) is 46.8 Å². The normalized spacial score (nSPS) is 16.9. The minimum Gasteiger partial charge on any atom is -0.356 e. The second kappa shape index (κ2) is 9.54. The van der Waals surface area contributed by atoms with Crippen molar-refractivity contribution >= 4 is 29.7 Å². The Morgan fingerprint density at radius 3 is 2.53 bits per heavy atom. The lowest BCUT2D eigenvalue weighted by atomic mass is 10.0. The average molecular weight is 462 g/mol. The number of carbonyl (C=O) groups excluding carboxylic acids is 2. The predicted molar refractivity (Wildman–Crippen MR) is 135 cm³/mol. The lowest BCUT2D eigenvalue weighted by molar-refractivity contribution is -0.123. The number of carbonyl (C=O) groups is 2. The molecule has 3 N–H and O–H groups in total. The van der Waals surface area contributed by atoms with E-state index in [1.165, 1.54) is 6.34 Å². The summed E-state index contributed by atoms with van der Waals surface area (Å²) in [5, 5.41) is 12.5. The molecule has 2 aliphatic rings. The van der Waals surface area contributed by atoms with Crippen molar-refractivity contribution in [3.8, 4) is 0 Å². The minimum absolute atomic E-state index is 0.00116. The summed E-state index contributed by atoms with van der Waals surface area (Å²) in [5.74, 6) is 0.121. The van der Waals surface area contributed by atoms with Crippen LogP contribution < -0.4 is 16.1 Å². The Morgan fingerprint density at radius 2 is 1.82 bits per heavy atom. The third-order valence-electron chi connectivity index (χ3n) is 6.22. The fourth-order valence-electron chi connectivity index (χ4n) is 4.17. The van der Waals surface area contributed by atoms with Gasteiger partial charge in [0.05, 0.1) is 12.5 Å². The van der Waals surface area contributed by atoms with E-state index in [-0.39, 0.29) is 17.7 Å². The van der Waals surface area contributed by atoms with Gasteiger partial charge in [0.2, 0.25) is 5.91 Å². The van der Waals surface area contributed by atoms with Crippen LogP contribution in [0.1, 0.15) is 47.6 Å². The molecule has 4 rings (SSSR count). The van der Waals surface area contributed by atoms with Crippen molar-refractivity contribution in [2.45, 2.75) is 41.0 Å². The van der Waals surface area contributed by atoms with Crippen molar-refractivity contribution in [2.75, 3.05) is 23.8 Å². The number of benzene rings is 1. The van der Waals surface area contributed by atoms with E-state index in [1.54, 1.807) is 10.7 Å². The standard InChI is InChI=1S/C25H31N7O2/c1-6-11-26-25(34)20-13-31-22(18(20)5)23(27-14-28-31)29-21-12-19(10-7-15(21)2)24(33)30-32-16(3)8-9-17(32)4/h7-10,12,14,20H,6,11,13H2,1-5H3,(H,26,34)(H,30,33)(H,27,28,29). The highest BCUT2D eigenvalue weighted by atomic mass is 16.2. The molecule has 178 valence electrons. The number of nitrogens with zero attached hydrogens (tertiary/aromatic N) is 4. The van der Waals surface area contributed by atoms with Crippen molar-refractivity contribution in [1.82, 2.24) is 15.0 Å². The summed E-state index contributed by atoms with van der Waals surface area (Å²) < 4.78 is 1.77. The van der Waals surface area contributed by atoms with Crippen LogP contribution in [0.5, 0.6) is 0 Å². The maximum absolute atomic E-state index is 12.9. The molecule has 0 saturated carbocycles. The maximum atomic E-state index is 12.9. The summed E-state index contributed by atoms with van der Waals surface area (Å²) in [6.45, 7) is 11.0. The van der Waals surface area contributed by atoms with Crippen molar-refractivity contribution < 1.29 is 9.59 Å². The summed E-state index contributed by atoms with van der Waals surface area (Å²) in [5.41, 5.74) is 8.82. The van der Waals surface area contributed by atoms with Crippen LogP contribution in [0.2, 0.25) is 0 Å². The predicted octanol–water partition coefficient (Wildman–Crippen LogP) is 3.30. The molecule has 9 nitrogen and oxygen atoms in total. The summed E-state index contributed by atoms with van der Waals surface area (Å²) in [4.78, 5) is 30.0. The quantitative estimate of drug-likeness (QED) is 0.614. The molecule has 1 aromatic heterocycles. The summed E-state index contributed by atoms with van der Waals surface area (Å²) in [6, 6.07) is 9.43. The number of amidine groups is 1. The Hall–Kier alpha value is -3.88. The van der Waals surface area contributed by atoms with E-state index in [0.717, 1.165) is 40.3 Å². The van der Waals surface area contributed by atoms with Crippen LogP contribution in [-0.2, 0) is 4.79 Å². The highest BCUT2D eigenvalue weighted by Crippen LogP contribution is 2.32. The van der Waals surface area contributed by atoms with E-state index >= 15 is 0 Å². The number of anilines is 1. The first-order chi connectivity index (χ1) is 16.3. The van der Waals surface area contributed by atoms with Crippen LogP contribution in [0.3, 0.4) is 0 Å². The topological polar surface area (TPSA) is 103 Å². The van der Waals surface area contributed by atoms with Gasteiger partial charge in [0.25, 0.3) is 5.91 Å². The number of nitrogens with one attached hydrogen (secondary N) is 3. The molecular formula is C25H31N7O2. The Morgan fingerprint density at radius 1 is 1.09 bits per heavy atom.